The minimum atomic E-state index is -4.28. The van der Waals surface area contributed by atoms with Crippen LogP contribution in [0.5, 0.6) is 0 Å². The van der Waals surface area contributed by atoms with Crippen LogP contribution in [0.25, 0.3) is 27.7 Å². The summed E-state index contributed by atoms with van der Waals surface area (Å²) in [7, 11) is 0. The third kappa shape index (κ3) is 6.50. The Morgan fingerprint density at radius 2 is 1.51 bits per heavy atom. The van der Waals surface area contributed by atoms with Crippen molar-refractivity contribution in [1.29, 1.82) is 0 Å². The van der Waals surface area contributed by atoms with E-state index in [1.165, 1.54) is 0 Å². The first-order chi connectivity index (χ1) is 20.3. The van der Waals surface area contributed by atoms with Crippen molar-refractivity contribution in [2.24, 2.45) is 11.8 Å². The molecule has 2 aromatic heterocycles. The number of nitrogens with zero attached hydrogens (tertiary/aromatic N) is 1. The molecule has 2 unspecified atom stereocenters. The SMILES string of the molecule is C=C(c1ccc2cc(-c3c(C(=O)OCC)c(C(C)C)nc(C(C)C)c3C(=O)OCC)[nH]c2c1)C1CCCCC1C(F)(F)F. The molecule has 2 atom stereocenters. The second kappa shape index (κ2) is 12.9. The number of aromatic nitrogens is 2. The summed E-state index contributed by atoms with van der Waals surface area (Å²) in [6, 6.07) is 7.24. The fourth-order valence-electron chi connectivity index (χ4n) is 6.16. The number of pyridine rings is 1. The van der Waals surface area contributed by atoms with Gasteiger partial charge in [-0.3, -0.25) is 4.98 Å². The summed E-state index contributed by atoms with van der Waals surface area (Å²) >= 11 is 0. The molecule has 43 heavy (non-hydrogen) atoms. The number of esters is 2. The molecule has 3 aromatic rings. The number of allylic oxidation sites excluding steroid dienone is 1. The number of alkyl halides is 3. The molecule has 1 aliphatic rings. The Morgan fingerprint density at radius 1 is 0.953 bits per heavy atom. The first kappa shape index (κ1) is 32.3. The van der Waals surface area contributed by atoms with Crippen molar-refractivity contribution in [3.8, 4) is 11.3 Å². The van der Waals surface area contributed by atoms with Gasteiger partial charge in [0.2, 0.25) is 0 Å². The maximum absolute atomic E-state index is 13.9. The standard InChI is InChI=1S/C34H41F3N2O4/c1-8-42-32(40)28-27(29(33(41)43-9-2)31(19(5)6)39-30(28)18(3)4)26-17-22-15-14-21(16-25(22)38-26)20(7)23-12-10-11-13-24(23)34(35,36)37/h14-19,23-24,38H,7-13H2,1-6H3. The monoisotopic (exact) mass is 598 g/mol. The zero-order valence-corrected chi connectivity index (χ0v) is 25.8. The van der Waals surface area contributed by atoms with Crippen molar-refractivity contribution in [1.82, 2.24) is 9.97 Å². The molecular formula is C34H41F3N2O4. The third-order valence-electron chi connectivity index (χ3n) is 8.20. The van der Waals surface area contributed by atoms with Crippen LogP contribution in [0.2, 0.25) is 0 Å². The molecule has 6 nitrogen and oxygen atoms in total. The van der Waals surface area contributed by atoms with Gasteiger partial charge >= 0.3 is 18.1 Å². The Kier molecular flexibility index (Phi) is 9.72. The Morgan fingerprint density at radius 3 is 2.02 bits per heavy atom. The summed E-state index contributed by atoms with van der Waals surface area (Å²) in [5.74, 6) is -3.63. The van der Waals surface area contributed by atoms with Crippen molar-refractivity contribution in [2.75, 3.05) is 13.2 Å². The van der Waals surface area contributed by atoms with E-state index in [2.05, 4.69) is 11.6 Å². The minimum Gasteiger partial charge on any atom is -0.462 e. The number of fused-ring (bicyclic) bond motifs is 1. The van der Waals surface area contributed by atoms with Gasteiger partial charge in [-0.05, 0) is 67.7 Å². The molecule has 1 saturated carbocycles. The number of halogens is 3. The highest BCUT2D eigenvalue weighted by Crippen LogP contribution is 2.47. The van der Waals surface area contributed by atoms with Gasteiger partial charge in [0.25, 0.3) is 0 Å². The number of nitrogens with one attached hydrogen (secondary N) is 1. The summed E-state index contributed by atoms with van der Waals surface area (Å²) in [6.45, 7) is 15.5. The quantitative estimate of drug-likeness (QED) is 0.248. The smallest absolute Gasteiger partial charge is 0.392 e. The number of benzene rings is 1. The predicted molar refractivity (Wildman–Crippen MR) is 162 cm³/mol. The maximum Gasteiger partial charge on any atom is 0.392 e. The molecule has 0 aliphatic heterocycles. The van der Waals surface area contributed by atoms with E-state index in [9.17, 15) is 22.8 Å². The van der Waals surface area contributed by atoms with Gasteiger partial charge in [-0.2, -0.15) is 13.2 Å². The number of ether oxygens (including phenoxy) is 2. The molecule has 1 fully saturated rings. The van der Waals surface area contributed by atoms with Crippen molar-refractivity contribution >= 4 is 28.4 Å². The number of rotatable bonds is 9. The topological polar surface area (TPSA) is 81.3 Å². The second-order valence-corrected chi connectivity index (χ2v) is 11.8. The van der Waals surface area contributed by atoms with Crippen LogP contribution < -0.4 is 0 Å². The van der Waals surface area contributed by atoms with Crippen molar-refractivity contribution in [2.45, 2.75) is 85.2 Å². The number of hydrogen-bond donors (Lipinski definition) is 1. The summed E-state index contributed by atoms with van der Waals surface area (Å²) in [5.41, 5.74) is 3.97. The van der Waals surface area contributed by atoms with E-state index >= 15 is 0 Å². The first-order valence-corrected chi connectivity index (χ1v) is 15.1. The van der Waals surface area contributed by atoms with Gasteiger partial charge in [-0.15, -0.1) is 0 Å². The molecule has 0 radical (unpaired) electrons. The molecule has 0 amide bonds. The van der Waals surface area contributed by atoms with E-state index in [1.54, 1.807) is 26.0 Å². The molecule has 0 saturated heterocycles. The Bertz CT molecular complexity index is 1470. The normalized spacial score (nSPS) is 17.5. The first-order valence-electron chi connectivity index (χ1n) is 15.1. The van der Waals surface area contributed by atoms with E-state index in [-0.39, 0.29) is 42.6 Å². The third-order valence-corrected chi connectivity index (χ3v) is 8.20. The largest absolute Gasteiger partial charge is 0.462 e. The molecule has 9 heteroatoms. The van der Waals surface area contributed by atoms with Crippen LogP contribution in [0.1, 0.15) is 117 Å². The van der Waals surface area contributed by atoms with Gasteiger partial charge in [-0.1, -0.05) is 59.2 Å². The van der Waals surface area contributed by atoms with Crippen molar-refractivity contribution in [3.05, 3.63) is 58.9 Å². The van der Waals surface area contributed by atoms with E-state index < -0.39 is 30.0 Å². The zero-order chi connectivity index (χ0) is 31.6. The van der Waals surface area contributed by atoms with Crippen LogP contribution >= 0.6 is 0 Å². The molecule has 0 spiro atoms. The van der Waals surface area contributed by atoms with Crippen LogP contribution in [0.4, 0.5) is 13.2 Å². The van der Waals surface area contributed by atoms with Crippen molar-refractivity contribution < 1.29 is 32.2 Å². The molecule has 1 aromatic carbocycles. The minimum absolute atomic E-state index is 0.105. The van der Waals surface area contributed by atoms with Crippen LogP contribution in [-0.4, -0.2) is 41.3 Å². The van der Waals surface area contributed by atoms with Crippen molar-refractivity contribution in [3.63, 3.8) is 0 Å². The predicted octanol–water partition coefficient (Wildman–Crippen LogP) is 9.21. The van der Waals surface area contributed by atoms with E-state index in [0.29, 0.717) is 52.1 Å². The van der Waals surface area contributed by atoms with Crippen LogP contribution in [-0.2, 0) is 9.47 Å². The highest BCUT2D eigenvalue weighted by Gasteiger charge is 2.46. The van der Waals surface area contributed by atoms with E-state index in [1.807, 2.05) is 39.8 Å². The second-order valence-electron chi connectivity index (χ2n) is 11.8. The maximum atomic E-state index is 13.9. The van der Waals surface area contributed by atoms with Gasteiger partial charge in [0.15, 0.2) is 0 Å². The fraction of sp³-hybridized carbons (Fsp3) is 0.500. The Balaban J connectivity index is 1.94. The molecule has 232 valence electrons. The van der Waals surface area contributed by atoms with Gasteiger partial charge in [0.1, 0.15) is 0 Å². The number of carbonyl (C=O) groups excluding carboxylic acids is 2. The lowest BCUT2D eigenvalue weighted by Crippen LogP contribution is -2.33. The highest BCUT2D eigenvalue weighted by molar-refractivity contribution is 6.08. The molecule has 1 N–H and O–H groups in total. The molecule has 4 rings (SSSR count). The summed E-state index contributed by atoms with van der Waals surface area (Å²) in [6.07, 6.45) is -2.45. The number of carbonyl (C=O) groups is 2. The van der Waals surface area contributed by atoms with E-state index in [0.717, 1.165) is 11.8 Å². The molecule has 0 bridgehead atoms. The van der Waals surface area contributed by atoms with Crippen LogP contribution in [0, 0.1) is 11.8 Å². The lowest BCUT2D eigenvalue weighted by molar-refractivity contribution is -0.190. The highest BCUT2D eigenvalue weighted by atomic mass is 19.4. The van der Waals surface area contributed by atoms with Gasteiger partial charge < -0.3 is 14.5 Å². The summed E-state index contributed by atoms with van der Waals surface area (Å²) in [5, 5.41) is 0.765. The Labute approximate surface area is 251 Å². The molecular weight excluding hydrogens is 557 g/mol. The number of aromatic amines is 1. The van der Waals surface area contributed by atoms with Crippen LogP contribution in [0.3, 0.4) is 0 Å². The van der Waals surface area contributed by atoms with Crippen LogP contribution in [0.15, 0.2) is 30.8 Å². The van der Waals surface area contributed by atoms with Gasteiger partial charge in [-0.25, -0.2) is 9.59 Å². The molecule has 1 aliphatic carbocycles. The number of hydrogen-bond acceptors (Lipinski definition) is 5. The lowest BCUT2D eigenvalue weighted by atomic mass is 9.73. The molecule has 2 heterocycles. The Hall–Kier alpha value is -3.62. The lowest BCUT2D eigenvalue weighted by Gasteiger charge is -2.34. The fourth-order valence-corrected chi connectivity index (χ4v) is 6.16. The summed E-state index contributed by atoms with van der Waals surface area (Å²) in [4.78, 5) is 35.2. The van der Waals surface area contributed by atoms with Gasteiger partial charge in [0, 0.05) is 22.2 Å². The summed E-state index contributed by atoms with van der Waals surface area (Å²) < 4.78 is 52.5. The van der Waals surface area contributed by atoms with Gasteiger partial charge in [0.05, 0.1) is 41.6 Å². The average Bonchev–Trinajstić information content (AvgIpc) is 3.38. The number of H-pyrrole nitrogens is 1. The van der Waals surface area contributed by atoms with E-state index in [4.69, 9.17) is 14.5 Å². The average molecular weight is 599 g/mol. The zero-order valence-electron chi connectivity index (χ0n) is 25.8.